The maximum Gasteiger partial charge on any atom is 0.139 e. The highest BCUT2D eigenvalue weighted by atomic mass is 16.1. The van der Waals surface area contributed by atoms with Crippen LogP contribution >= 0.6 is 0 Å². The minimum absolute atomic E-state index is 0.0214. The number of Topliss-reactive ketones (excluding diaryl/α,β-unsaturated/α-hetero) is 1. The Hall–Kier alpha value is -0.660. The van der Waals surface area contributed by atoms with Gasteiger partial charge >= 0.3 is 0 Å². The Balaban J connectivity index is 3.68. The van der Waals surface area contributed by atoms with Crippen molar-refractivity contribution in [3.63, 3.8) is 0 Å². The van der Waals surface area contributed by atoms with Crippen molar-refractivity contribution in [1.29, 1.82) is 0 Å². The van der Waals surface area contributed by atoms with Crippen molar-refractivity contribution < 1.29 is 9.59 Å². The lowest BCUT2D eigenvalue weighted by Gasteiger charge is -2.00. The quantitative estimate of drug-likeness (QED) is 0.421. The molecule has 0 radical (unpaired) electrons. The van der Waals surface area contributed by atoms with Crippen molar-refractivity contribution >= 4 is 12.1 Å². The normalized spacial score (nSPS) is 12.7. The minimum atomic E-state index is -0.352. The Morgan fingerprint density at radius 2 is 2.22 bits per heavy atom. The van der Waals surface area contributed by atoms with Gasteiger partial charge in [0, 0.05) is 0 Å². The van der Waals surface area contributed by atoms with E-state index < -0.39 is 0 Å². The van der Waals surface area contributed by atoms with Gasteiger partial charge in [0.1, 0.15) is 12.1 Å². The van der Waals surface area contributed by atoms with E-state index in [0.717, 1.165) is 12.7 Å². The van der Waals surface area contributed by atoms with Crippen LogP contribution in [0.2, 0.25) is 0 Å². The van der Waals surface area contributed by atoms with Crippen molar-refractivity contribution in [2.45, 2.75) is 26.7 Å². The highest BCUT2D eigenvalue weighted by Crippen LogP contribution is 2.02. The first-order chi connectivity index (χ1) is 4.22. The van der Waals surface area contributed by atoms with Crippen LogP contribution in [0.15, 0.2) is 0 Å². The van der Waals surface area contributed by atoms with Gasteiger partial charge in [0.2, 0.25) is 0 Å². The Kier molecular flexibility index (Phi) is 3.93. The van der Waals surface area contributed by atoms with Crippen LogP contribution < -0.4 is 0 Å². The standard InChI is InChI=1S/C7H12O2/c1-3-4-7(5-8)6(2)9/h5,7H,3-4H2,1-2H3. The molecule has 0 aliphatic heterocycles. The van der Waals surface area contributed by atoms with Crippen LogP contribution in [0.25, 0.3) is 0 Å². The second kappa shape index (κ2) is 4.24. The van der Waals surface area contributed by atoms with Crippen LogP contribution in [0, 0.1) is 5.92 Å². The Morgan fingerprint density at radius 1 is 1.67 bits per heavy atom. The van der Waals surface area contributed by atoms with E-state index >= 15 is 0 Å². The highest BCUT2D eigenvalue weighted by molar-refractivity contribution is 5.91. The smallest absolute Gasteiger partial charge is 0.139 e. The number of hydrogen-bond donors (Lipinski definition) is 0. The topological polar surface area (TPSA) is 34.1 Å². The molecule has 0 aliphatic carbocycles. The number of aldehydes is 1. The molecule has 2 nitrogen and oxygen atoms in total. The van der Waals surface area contributed by atoms with Gasteiger partial charge in [0.05, 0.1) is 5.92 Å². The van der Waals surface area contributed by atoms with Crippen molar-refractivity contribution in [1.82, 2.24) is 0 Å². The highest BCUT2D eigenvalue weighted by Gasteiger charge is 2.09. The van der Waals surface area contributed by atoms with Gasteiger partial charge in [-0.25, -0.2) is 0 Å². The second-order valence-corrected chi connectivity index (χ2v) is 2.14. The van der Waals surface area contributed by atoms with E-state index in [1.807, 2.05) is 6.92 Å². The first-order valence-electron chi connectivity index (χ1n) is 3.18. The first-order valence-corrected chi connectivity index (χ1v) is 3.18. The van der Waals surface area contributed by atoms with Crippen molar-refractivity contribution in [2.75, 3.05) is 0 Å². The number of hydrogen-bond acceptors (Lipinski definition) is 2. The van der Waals surface area contributed by atoms with E-state index in [4.69, 9.17) is 0 Å². The molecule has 0 saturated carbocycles. The molecule has 1 unspecified atom stereocenters. The largest absolute Gasteiger partial charge is 0.303 e. The summed E-state index contributed by atoms with van der Waals surface area (Å²) in [5, 5.41) is 0. The van der Waals surface area contributed by atoms with Crippen LogP contribution in [0.1, 0.15) is 26.7 Å². The molecule has 1 atom stereocenters. The van der Waals surface area contributed by atoms with Crippen LogP contribution in [0.4, 0.5) is 0 Å². The summed E-state index contributed by atoms with van der Waals surface area (Å²) in [4.78, 5) is 20.6. The summed E-state index contributed by atoms with van der Waals surface area (Å²) in [5.41, 5.74) is 0. The van der Waals surface area contributed by atoms with Crippen LogP contribution in [-0.2, 0) is 9.59 Å². The third kappa shape index (κ3) is 3.01. The van der Waals surface area contributed by atoms with Gasteiger partial charge in [-0.05, 0) is 13.3 Å². The second-order valence-electron chi connectivity index (χ2n) is 2.14. The average molecular weight is 128 g/mol. The summed E-state index contributed by atoms with van der Waals surface area (Å²) in [6, 6.07) is 0. The van der Waals surface area contributed by atoms with Crippen molar-refractivity contribution in [3.05, 3.63) is 0 Å². The molecule has 0 aliphatic rings. The molecule has 9 heavy (non-hydrogen) atoms. The summed E-state index contributed by atoms with van der Waals surface area (Å²) in [6.45, 7) is 3.41. The molecule has 0 bridgehead atoms. The number of rotatable bonds is 4. The molecule has 0 spiro atoms. The van der Waals surface area contributed by atoms with Gasteiger partial charge in [-0.3, -0.25) is 4.79 Å². The van der Waals surface area contributed by atoms with E-state index in [1.165, 1.54) is 6.92 Å². The predicted octanol–water partition coefficient (Wildman–Crippen LogP) is 1.19. The lowest BCUT2D eigenvalue weighted by molar-refractivity contribution is -0.125. The lowest BCUT2D eigenvalue weighted by atomic mass is 10.0. The molecule has 0 saturated heterocycles. The zero-order chi connectivity index (χ0) is 7.28. The average Bonchev–Trinajstić information content (AvgIpc) is 1.82. The molecular weight excluding hydrogens is 116 g/mol. The summed E-state index contributed by atoms with van der Waals surface area (Å²) < 4.78 is 0. The Labute approximate surface area is 55.3 Å². The fourth-order valence-electron chi connectivity index (χ4n) is 0.678. The summed E-state index contributed by atoms with van der Waals surface area (Å²) in [6.07, 6.45) is 2.31. The van der Waals surface area contributed by atoms with E-state index in [0.29, 0.717) is 6.42 Å². The molecule has 52 valence electrons. The molecule has 0 aromatic carbocycles. The molecule has 0 aromatic rings. The molecule has 0 heterocycles. The van der Waals surface area contributed by atoms with Crippen LogP contribution in [0.3, 0.4) is 0 Å². The maximum absolute atomic E-state index is 10.5. The van der Waals surface area contributed by atoms with E-state index in [9.17, 15) is 9.59 Å². The summed E-state index contributed by atoms with van der Waals surface area (Å²) in [5.74, 6) is -0.373. The maximum atomic E-state index is 10.5. The molecule has 0 fully saturated rings. The van der Waals surface area contributed by atoms with E-state index in [1.54, 1.807) is 0 Å². The van der Waals surface area contributed by atoms with Gasteiger partial charge in [-0.2, -0.15) is 0 Å². The third-order valence-corrected chi connectivity index (χ3v) is 1.29. The van der Waals surface area contributed by atoms with Crippen molar-refractivity contribution in [3.8, 4) is 0 Å². The van der Waals surface area contributed by atoms with Crippen LogP contribution in [0.5, 0.6) is 0 Å². The molecule has 0 amide bonds. The Bertz CT molecular complexity index is 107. The number of ketones is 1. The summed E-state index contributed by atoms with van der Waals surface area (Å²) >= 11 is 0. The predicted molar refractivity (Wildman–Crippen MR) is 35.1 cm³/mol. The zero-order valence-electron chi connectivity index (χ0n) is 5.89. The Morgan fingerprint density at radius 3 is 2.33 bits per heavy atom. The minimum Gasteiger partial charge on any atom is -0.303 e. The molecular formula is C7H12O2. The third-order valence-electron chi connectivity index (χ3n) is 1.29. The molecule has 2 heteroatoms. The molecule has 0 N–H and O–H groups in total. The molecule has 0 rings (SSSR count). The van der Waals surface area contributed by atoms with Gasteiger partial charge in [-0.15, -0.1) is 0 Å². The van der Waals surface area contributed by atoms with Gasteiger partial charge in [-0.1, -0.05) is 13.3 Å². The SMILES string of the molecule is CCCC(C=O)C(C)=O. The fraction of sp³-hybridized carbons (Fsp3) is 0.714. The van der Waals surface area contributed by atoms with E-state index in [2.05, 4.69) is 0 Å². The van der Waals surface area contributed by atoms with Crippen LogP contribution in [-0.4, -0.2) is 12.1 Å². The van der Waals surface area contributed by atoms with Gasteiger partial charge < -0.3 is 4.79 Å². The zero-order valence-corrected chi connectivity index (χ0v) is 5.89. The first kappa shape index (κ1) is 8.34. The van der Waals surface area contributed by atoms with Crippen molar-refractivity contribution in [2.24, 2.45) is 5.92 Å². The fourth-order valence-corrected chi connectivity index (χ4v) is 0.678. The lowest BCUT2D eigenvalue weighted by Crippen LogP contribution is -2.11. The number of carbonyl (C=O) groups excluding carboxylic acids is 2. The molecule has 0 aromatic heterocycles. The summed E-state index contributed by atoms with van der Waals surface area (Å²) in [7, 11) is 0. The number of carbonyl (C=O) groups is 2. The van der Waals surface area contributed by atoms with E-state index in [-0.39, 0.29) is 11.7 Å². The monoisotopic (exact) mass is 128 g/mol. The van der Waals surface area contributed by atoms with Gasteiger partial charge in [0.15, 0.2) is 0 Å². The van der Waals surface area contributed by atoms with Gasteiger partial charge in [0.25, 0.3) is 0 Å².